The van der Waals surface area contributed by atoms with Crippen molar-refractivity contribution >= 4 is 17.7 Å². The standard InChI is InChI=1S/C16H11FN2O/c17-14-8-5-12(6-9-14)7-10-16(20)19-15-4-2-1-3-13(15)11-18/h1-10H,(H,19,20). The molecule has 2 aromatic carbocycles. The number of nitrogens with one attached hydrogen (secondary N) is 1. The van der Waals surface area contributed by atoms with E-state index in [1.807, 2.05) is 6.07 Å². The van der Waals surface area contributed by atoms with Gasteiger partial charge in [0.2, 0.25) is 5.91 Å². The third-order valence-electron chi connectivity index (χ3n) is 2.60. The van der Waals surface area contributed by atoms with Gasteiger partial charge in [-0.1, -0.05) is 24.3 Å². The lowest BCUT2D eigenvalue weighted by Crippen LogP contribution is -2.08. The highest BCUT2D eigenvalue weighted by atomic mass is 19.1. The molecule has 1 N–H and O–H groups in total. The second kappa shape index (κ2) is 6.30. The van der Waals surface area contributed by atoms with Crippen LogP contribution in [0.5, 0.6) is 0 Å². The molecular formula is C16H11FN2O. The molecule has 20 heavy (non-hydrogen) atoms. The number of halogens is 1. The summed E-state index contributed by atoms with van der Waals surface area (Å²) in [7, 11) is 0. The smallest absolute Gasteiger partial charge is 0.248 e. The molecule has 2 rings (SSSR count). The van der Waals surface area contributed by atoms with Crippen LogP contribution in [0.3, 0.4) is 0 Å². The lowest BCUT2D eigenvalue weighted by molar-refractivity contribution is -0.111. The largest absolute Gasteiger partial charge is 0.321 e. The summed E-state index contributed by atoms with van der Waals surface area (Å²) in [4.78, 5) is 11.7. The highest BCUT2D eigenvalue weighted by molar-refractivity contribution is 6.02. The minimum absolute atomic E-state index is 0.324. The summed E-state index contributed by atoms with van der Waals surface area (Å²) in [6, 6.07) is 14.5. The molecule has 4 heteroatoms. The van der Waals surface area contributed by atoms with Gasteiger partial charge in [0, 0.05) is 6.08 Å². The Morgan fingerprint density at radius 2 is 1.85 bits per heavy atom. The topological polar surface area (TPSA) is 52.9 Å². The fourth-order valence-electron chi connectivity index (χ4n) is 1.61. The molecule has 0 unspecified atom stereocenters. The zero-order chi connectivity index (χ0) is 14.4. The molecule has 0 spiro atoms. The minimum atomic E-state index is -0.350. The lowest BCUT2D eigenvalue weighted by Gasteiger charge is -2.03. The van der Waals surface area contributed by atoms with Crippen molar-refractivity contribution in [2.45, 2.75) is 0 Å². The molecule has 0 saturated heterocycles. The second-order valence-electron chi connectivity index (χ2n) is 4.03. The van der Waals surface area contributed by atoms with E-state index in [0.717, 1.165) is 5.56 Å². The molecule has 0 aromatic heterocycles. The van der Waals surface area contributed by atoms with Crippen LogP contribution in [0.2, 0.25) is 0 Å². The van der Waals surface area contributed by atoms with Gasteiger partial charge >= 0.3 is 0 Å². The van der Waals surface area contributed by atoms with Crippen LogP contribution in [0.1, 0.15) is 11.1 Å². The number of anilines is 1. The molecule has 3 nitrogen and oxygen atoms in total. The Morgan fingerprint density at radius 3 is 2.55 bits per heavy atom. The van der Waals surface area contributed by atoms with Crippen molar-refractivity contribution in [1.82, 2.24) is 0 Å². The molecule has 0 radical (unpaired) electrons. The molecule has 0 atom stereocenters. The van der Waals surface area contributed by atoms with Gasteiger partial charge in [0.25, 0.3) is 0 Å². The van der Waals surface area contributed by atoms with Gasteiger partial charge in [-0.3, -0.25) is 4.79 Å². The number of carbonyl (C=O) groups excluding carboxylic acids is 1. The zero-order valence-corrected chi connectivity index (χ0v) is 10.5. The van der Waals surface area contributed by atoms with Crippen molar-refractivity contribution in [2.24, 2.45) is 0 Å². The van der Waals surface area contributed by atoms with Gasteiger partial charge in [-0.05, 0) is 35.9 Å². The summed E-state index contributed by atoms with van der Waals surface area (Å²) in [5.41, 5.74) is 1.58. The van der Waals surface area contributed by atoms with Crippen LogP contribution < -0.4 is 5.32 Å². The maximum absolute atomic E-state index is 12.7. The predicted octanol–water partition coefficient (Wildman–Crippen LogP) is 3.35. The van der Waals surface area contributed by atoms with Gasteiger partial charge in [-0.2, -0.15) is 5.26 Å². The fraction of sp³-hybridized carbons (Fsp3) is 0. The molecule has 0 heterocycles. The molecular weight excluding hydrogens is 255 g/mol. The highest BCUT2D eigenvalue weighted by Gasteiger charge is 2.02. The molecule has 98 valence electrons. The van der Waals surface area contributed by atoms with Gasteiger partial charge in [0.15, 0.2) is 0 Å². The number of hydrogen-bond donors (Lipinski definition) is 1. The van der Waals surface area contributed by atoms with Crippen molar-refractivity contribution in [3.63, 3.8) is 0 Å². The van der Waals surface area contributed by atoms with E-state index in [2.05, 4.69) is 5.32 Å². The van der Waals surface area contributed by atoms with Gasteiger partial charge in [0.05, 0.1) is 11.3 Å². The third-order valence-corrected chi connectivity index (χ3v) is 2.60. The summed E-state index contributed by atoms with van der Waals surface area (Å²) in [6.45, 7) is 0. The lowest BCUT2D eigenvalue weighted by atomic mass is 10.2. The Hall–Kier alpha value is -2.93. The van der Waals surface area contributed by atoms with Crippen LogP contribution >= 0.6 is 0 Å². The Bertz CT molecular complexity index is 684. The minimum Gasteiger partial charge on any atom is -0.321 e. The number of rotatable bonds is 3. The quantitative estimate of drug-likeness (QED) is 0.866. The number of amides is 1. The van der Waals surface area contributed by atoms with Crippen LogP contribution in [0.15, 0.2) is 54.6 Å². The number of nitriles is 1. The van der Waals surface area contributed by atoms with Crippen molar-refractivity contribution < 1.29 is 9.18 Å². The SMILES string of the molecule is N#Cc1ccccc1NC(=O)C=Cc1ccc(F)cc1. The maximum Gasteiger partial charge on any atom is 0.248 e. The molecule has 1 amide bonds. The maximum atomic E-state index is 12.7. The summed E-state index contributed by atoms with van der Waals surface area (Å²) < 4.78 is 12.7. The van der Waals surface area contributed by atoms with E-state index < -0.39 is 0 Å². The van der Waals surface area contributed by atoms with Crippen molar-refractivity contribution in [3.05, 3.63) is 71.6 Å². The molecule has 0 aliphatic rings. The van der Waals surface area contributed by atoms with Gasteiger partial charge in [-0.15, -0.1) is 0 Å². The fourth-order valence-corrected chi connectivity index (χ4v) is 1.61. The molecule has 0 bridgehead atoms. The average Bonchev–Trinajstić information content (AvgIpc) is 2.47. The number of carbonyl (C=O) groups is 1. The van der Waals surface area contributed by atoms with Gasteiger partial charge in [0.1, 0.15) is 11.9 Å². The summed E-state index contributed by atoms with van der Waals surface area (Å²) >= 11 is 0. The first kappa shape index (κ1) is 13.5. The molecule has 0 aliphatic carbocycles. The number of para-hydroxylation sites is 1. The first-order valence-corrected chi connectivity index (χ1v) is 5.93. The van der Waals surface area contributed by atoms with Crippen molar-refractivity contribution in [2.75, 3.05) is 5.32 Å². The molecule has 0 saturated carbocycles. The number of hydrogen-bond acceptors (Lipinski definition) is 2. The van der Waals surface area contributed by atoms with E-state index in [1.165, 1.54) is 18.2 Å². The summed E-state index contributed by atoms with van der Waals surface area (Å²) in [6.07, 6.45) is 2.91. The van der Waals surface area contributed by atoms with E-state index in [4.69, 9.17) is 5.26 Å². The van der Waals surface area contributed by atoms with Gasteiger partial charge < -0.3 is 5.32 Å². The van der Waals surface area contributed by atoms with E-state index in [1.54, 1.807) is 42.5 Å². The molecule has 0 fully saturated rings. The molecule has 2 aromatic rings. The van der Waals surface area contributed by atoms with Crippen molar-refractivity contribution in [3.8, 4) is 6.07 Å². The Kier molecular flexibility index (Phi) is 4.25. The second-order valence-corrected chi connectivity index (χ2v) is 4.03. The highest BCUT2D eigenvalue weighted by Crippen LogP contribution is 2.13. The monoisotopic (exact) mass is 266 g/mol. The summed E-state index contributed by atoms with van der Waals surface area (Å²) in [5.74, 6) is -0.674. The van der Waals surface area contributed by atoms with E-state index >= 15 is 0 Å². The van der Waals surface area contributed by atoms with Crippen LogP contribution in [0.25, 0.3) is 6.08 Å². The summed E-state index contributed by atoms with van der Waals surface area (Å²) in [5, 5.41) is 11.5. The average molecular weight is 266 g/mol. The van der Waals surface area contributed by atoms with Crippen LogP contribution in [0.4, 0.5) is 10.1 Å². The van der Waals surface area contributed by atoms with E-state index in [0.29, 0.717) is 11.3 Å². The van der Waals surface area contributed by atoms with E-state index in [-0.39, 0.29) is 11.7 Å². The normalized spacial score (nSPS) is 10.2. The Morgan fingerprint density at radius 1 is 1.15 bits per heavy atom. The third kappa shape index (κ3) is 3.53. The van der Waals surface area contributed by atoms with Crippen molar-refractivity contribution in [1.29, 1.82) is 5.26 Å². The van der Waals surface area contributed by atoms with Crippen LogP contribution in [-0.4, -0.2) is 5.91 Å². The van der Waals surface area contributed by atoms with Crippen LogP contribution in [-0.2, 0) is 4.79 Å². The van der Waals surface area contributed by atoms with E-state index in [9.17, 15) is 9.18 Å². The van der Waals surface area contributed by atoms with Gasteiger partial charge in [-0.25, -0.2) is 4.39 Å². The Labute approximate surface area is 116 Å². The Balaban J connectivity index is 2.06. The first-order chi connectivity index (χ1) is 9.69. The first-order valence-electron chi connectivity index (χ1n) is 5.93. The zero-order valence-electron chi connectivity index (χ0n) is 10.5. The molecule has 0 aliphatic heterocycles. The number of nitrogens with zero attached hydrogens (tertiary/aromatic N) is 1. The van der Waals surface area contributed by atoms with Crippen LogP contribution in [0, 0.1) is 17.1 Å². The number of benzene rings is 2. The predicted molar refractivity (Wildman–Crippen MR) is 75.2 cm³/mol.